The van der Waals surface area contributed by atoms with E-state index in [1.807, 2.05) is 0 Å². The van der Waals surface area contributed by atoms with Crippen molar-refractivity contribution in [1.82, 2.24) is 5.32 Å². The minimum absolute atomic E-state index is 0. The van der Waals surface area contributed by atoms with Gasteiger partial charge in [-0.3, -0.25) is 0 Å². The lowest BCUT2D eigenvalue weighted by molar-refractivity contribution is 0.0706. The number of rotatable bonds is 2. The lowest BCUT2D eigenvalue weighted by atomic mass is 9.78. The fourth-order valence-electron chi connectivity index (χ4n) is 3.44. The van der Waals surface area contributed by atoms with E-state index in [2.05, 4.69) is 12.2 Å². The molecule has 0 unspecified atom stereocenters. The van der Waals surface area contributed by atoms with Crippen molar-refractivity contribution in [3.8, 4) is 0 Å². The van der Waals surface area contributed by atoms with Crippen molar-refractivity contribution in [3.05, 3.63) is 35.6 Å². The molecular weight excluding hydrogens is 253 g/mol. The van der Waals surface area contributed by atoms with Crippen molar-refractivity contribution in [2.75, 3.05) is 0 Å². The Kier molecular flexibility index (Phi) is 3.43. The van der Waals surface area contributed by atoms with E-state index in [9.17, 15) is 9.50 Å². The van der Waals surface area contributed by atoms with Gasteiger partial charge in [0.25, 0.3) is 0 Å². The van der Waals surface area contributed by atoms with E-state index in [-0.39, 0.29) is 29.3 Å². The van der Waals surface area contributed by atoms with Crippen LogP contribution in [0.2, 0.25) is 0 Å². The van der Waals surface area contributed by atoms with Gasteiger partial charge < -0.3 is 10.4 Å². The topological polar surface area (TPSA) is 32.3 Å². The SMILES string of the molecule is CC12CCC([C@@H](O)c3ccccc3F)(CC1)N2.Cl. The maximum absolute atomic E-state index is 13.7. The highest BCUT2D eigenvalue weighted by Crippen LogP contribution is 2.50. The summed E-state index contributed by atoms with van der Waals surface area (Å²) in [7, 11) is 0. The fourth-order valence-corrected chi connectivity index (χ4v) is 3.44. The molecule has 2 heterocycles. The number of hydrogen-bond acceptors (Lipinski definition) is 2. The van der Waals surface area contributed by atoms with Gasteiger partial charge in [0, 0.05) is 16.6 Å². The van der Waals surface area contributed by atoms with Crippen LogP contribution >= 0.6 is 12.4 Å². The Morgan fingerprint density at radius 3 is 2.33 bits per heavy atom. The van der Waals surface area contributed by atoms with Crippen molar-refractivity contribution < 1.29 is 9.50 Å². The van der Waals surface area contributed by atoms with Gasteiger partial charge in [-0.05, 0) is 38.7 Å². The van der Waals surface area contributed by atoms with E-state index < -0.39 is 6.10 Å². The van der Waals surface area contributed by atoms with E-state index in [1.165, 1.54) is 6.07 Å². The summed E-state index contributed by atoms with van der Waals surface area (Å²) in [6.07, 6.45) is 3.25. The van der Waals surface area contributed by atoms with Crippen LogP contribution in [0.1, 0.15) is 44.3 Å². The number of benzene rings is 1. The first kappa shape index (κ1) is 13.8. The molecule has 0 aromatic heterocycles. The van der Waals surface area contributed by atoms with Crippen molar-refractivity contribution in [1.29, 1.82) is 0 Å². The third-order valence-corrected chi connectivity index (χ3v) is 4.52. The molecule has 1 aromatic rings. The lowest BCUT2D eigenvalue weighted by Gasteiger charge is -2.32. The summed E-state index contributed by atoms with van der Waals surface area (Å²) in [6.45, 7) is 2.19. The molecule has 0 aliphatic carbocycles. The largest absolute Gasteiger partial charge is 0.386 e. The Morgan fingerprint density at radius 1 is 1.22 bits per heavy atom. The van der Waals surface area contributed by atoms with Gasteiger partial charge in [-0.1, -0.05) is 18.2 Å². The van der Waals surface area contributed by atoms with Crippen LogP contribution in [-0.4, -0.2) is 16.2 Å². The molecule has 2 saturated heterocycles. The predicted molar refractivity (Wildman–Crippen MR) is 71.3 cm³/mol. The molecule has 0 spiro atoms. The first-order valence-corrected chi connectivity index (χ1v) is 6.27. The van der Waals surface area contributed by atoms with Crippen molar-refractivity contribution in [2.45, 2.75) is 49.8 Å². The molecule has 2 nitrogen and oxygen atoms in total. The molecule has 2 bridgehead atoms. The summed E-state index contributed by atoms with van der Waals surface area (Å²) < 4.78 is 13.7. The molecular formula is C14H19ClFNO. The maximum atomic E-state index is 13.7. The fraction of sp³-hybridized carbons (Fsp3) is 0.571. The second-order valence-electron chi connectivity index (χ2n) is 5.77. The van der Waals surface area contributed by atoms with Crippen LogP contribution in [0.25, 0.3) is 0 Å². The van der Waals surface area contributed by atoms with Crippen LogP contribution in [-0.2, 0) is 0 Å². The normalized spacial score (nSPS) is 35.3. The van der Waals surface area contributed by atoms with Crippen LogP contribution < -0.4 is 5.32 Å². The first-order chi connectivity index (χ1) is 8.05. The molecule has 18 heavy (non-hydrogen) atoms. The maximum Gasteiger partial charge on any atom is 0.129 e. The molecule has 2 aliphatic rings. The molecule has 3 rings (SSSR count). The van der Waals surface area contributed by atoms with E-state index in [1.54, 1.807) is 18.2 Å². The smallest absolute Gasteiger partial charge is 0.129 e. The molecule has 2 aliphatic heterocycles. The average Bonchev–Trinajstić information content (AvgIpc) is 2.83. The highest BCUT2D eigenvalue weighted by Gasteiger charge is 2.55. The zero-order chi connectivity index (χ0) is 12.1. The molecule has 2 fully saturated rings. The van der Waals surface area contributed by atoms with Crippen LogP contribution in [0.5, 0.6) is 0 Å². The number of nitrogens with one attached hydrogen (secondary N) is 1. The van der Waals surface area contributed by atoms with Gasteiger partial charge in [0.2, 0.25) is 0 Å². The zero-order valence-corrected chi connectivity index (χ0v) is 11.3. The predicted octanol–water partition coefficient (Wildman–Crippen LogP) is 2.96. The van der Waals surface area contributed by atoms with Crippen LogP contribution in [0, 0.1) is 5.82 Å². The van der Waals surface area contributed by atoms with E-state index in [0.29, 0.717) is 5.56 Å². The summed E-state index contributed by atoms with van der Waals surface area (Å²) in [4.78, 5) is 0. The molecule has 0 amide bonds. The highest BCUT2D eigenvalue weighted by atomic mass is 35.5. The molecule has 1 atom stereocenters. The zero-order valence-electron chi connectivity index (χ0n) is 10.4. The third kappa shape index (κ3) is 1.94. The number of aliphatic hydroxyl groups is 1. The Labute approximate surface area is 113 Å². The van der Waals surface area contributed by atoms with Gasteiger partial charge in [0.05, 0.1) is 6.10 Å². The second-order valence-corrected chi connectivity index (χ2v) is 5.77. The summed E-state index contributed by atoms with van der Waals surface area (Å²) in [5, 5.41) is 14.0. The monoisotopic (exact) mass is 271 g/mol. The third-order valence-electron chi connectivity index (χ3n) is 4.52. The minimum atomic E-state index is -0.743. The van der Waals surface area contributed by atoms with Crippen molar-refractivity contribution in [3.63, 3.8) is 0 Å². The van der Waals surface area contributed by atoms with Gasteiger partial charge >= 0.3 is 0 Å². The Hall–Kier alpha value is -0.640. The minimum Gasteiger partial charge on any atom is -0.386 e. The summed E-state index contributed by atoms with van der Waals surface area (Å²) in [6, 6.07) is 6.54. The van der Waals surface area contributed by atoms with E-state index in [4.69, 9.17) is 0 Å². The first-order valence-electron chi connectivity index (χ1n) is 6.27. The standard InChI is InChI=1S/C14H18FNO.ClH/c1-13-6-8-14(16-13,9-7-13)12(17)10-4-2-3-5-11(10)15;/h2-5,12,16-17H,6-9H2,1H3;1H/t12-,13?,14?;/m0./s1. The number of halogens is 2. The van der Waals surface area contributed by atoms with Gasteiger partial charge in [-0.15, -0.1) is 12.4 Å². The Morgan fingerprint density at radius 2 is 1.83 bits per heavy atom. The van der Waals surface area contributed by atoms with Crippen molar-refractivity contribution >= 4 is 12.4 Å². The average molecular weight is 272 g/mol. The molecule has 2 N–H and O–H groups in total. The Balaban J connectivity index is 0.00000120. The van der Waals surface area contributed by atoms with E-state index >= 15 is 0 Å². The quantitative estimate of drug-likeness (QED) is 0.867. The Bertz CT molecular complexity index is 443. The lowest BCUT2D eigenvalue weighted by Crippen LogP contribution is -2.45. The van der Waals surface area contributed by atoms with Gasteiger partial charge in [0.1, 0.15) is 5.82 Å². The van der Waals surface area contributed by atoms with Gasteiger partial charge in [-0.25, -0.2) is 4.39 Å². The number of fused-ring (bicyclic) bond motifs is 2. The number of aliphatic hydroxyl groups excluding tert-OH is 1. The molecule has 0 radical (unpaired) electrons. The molecule has 1 aromatic carbocycles. The van der Waals surface area contributed by atoms with Crippen LogP contribution in [0.15, 0.2) is 24.3 Å². The second kappa shape index (κ2) is 4.48. The molecule has 0 saturated carbocycles. The van der Waals surface area contributed by atoms with Crippen LogP contribution in [0.3, 0.4) is 0 Å². The number of hydrogen-bond donors (Lipinski definition) is 2. The van der Waals surface area contributed by atoms with Gasteiger partial charge in [0.15, 0.2) is 0 Å². The van der Waals surface area contributed by atoms with Gasteiger partial charge in [-0.2, -0.15) is 0 Å². The van der Waals surface area contributed by atoms with Crippen LogP contribution in [0.4, 0.5) is 4.39 Å². The summed E-state index contributed by atoms with van der Waals surface area (Å²) in [5.74, 6) is -0.309. The molecule has 4 heteroatoms. The summed E-state index contributed by atoms with van der Waals surface area (Å²) >= 11 is 0. The van der Waals surface area contributed by atoms with Crippen molar-refractivity contribution in [2.24, 2.45) is 0 Å². The molecule has 100 valence electrons. The highest BCUT2D eigenvalue weighted by molar-refractivity contribution is 5.85. The van der Waals surface area contributed by atoms with E-state index in [0.717, 1.165) is 25.7 Å². The summed E-state index contributed by atoms with van der Waals surface area (Å²) in [5.41, 5.74) is 0.259.